The van der Waals surface area contributed by atoms with Crippen molar-refractivity contribution in [3.63, 3.8) is 0 Å². The summed E-state index contributed by atoms with van der Waals surface area (Å²) in [6.07, 6.45) is 3.88. The van der Waals surface area contributed by atoms with Crippen molar-refractivity contribution in [2.75, 3.05) is 12.8 Å². The van der Waals surface area contributed by atoms with Crippen LogP contribution in [0.5, 0.6) is 0 Å². The molecule has 4 aromatic rings. The number of para-hydroxylation sites is 1. The van der Waals surface area contributed by atoms with Crippen LogP contribution >= 0.6 is 0 Å². The molecule has 0 radical (unpaired) electrons. The average molecular weight is 419 g/mol. The van der Waals surface area contributed by atoms with Crippen molar-refractivity contribution in [1.82, 2.24) is 10.3 Å². The van der Waals surface area contributed by atoms with Crippen molar-refractivity contribution in [2.24, 2.45) is 0 Å². The van der Waals surface area contributed by atoms with Crippen LogP contribution < -0.4 is 5.32 Å². The zero-order chi connectivity index (χ0) is 21.1. The van der Waals surface area contributed by atoms with Gasteiger partial charge in [0.25, 0.3) is 5.91 Å². The second-order valence-electron chi connectivity index (χ2n) is 7.21. The van der Waals surface area contributed by atoms with Crippen molar-refractivity contribution in [1.29, 1.82) is 0 Å². The van der Waals surface area contributed by atoms with Gasteiger partial charge in [-0.25, -0.2) is 8.42 Å². The van der Waals surface area contributed by atoms with Gasteiger partial charge in [-0.05, 0) is 47.4 Å². The summed E-state index contributed by atoms with van der Waals surface area (Å²) < 4.78 is 23.4. The summed E-state index contributed by atoms with van der Waals surface area (Å²) in [6, 6.07) is 22.0. The lowest BCUT2D eigenvalue weighted by Crippen LogP contribution is -2.26. The lowest BCUT2D eigenvalue weighted by atomic mass is 9.99. The van der Waals surface area contributed by atoms with E-state index in [0.29, 0.717) is 12.1 Å². The number of rotatable bonds is 6. The van der Waals surface area contributed by atoms with Gasteiger partial charge < -0.3 is 10.3 Å². The van der Waals surface area contributed by atoms with Gasteiger partial charge in [0.1, 0.15) is 0 Å². The highest BCUT2D eigenvalue weighted by Gasteiger charge is 2.14. The van der Waals surface area contributed by atoms with E-state index in [4.69, 9.17) is 0 Å². The van der Waals surface area contributed by atoms with Crippen LogP contribution in [0.15, 0.2) is 83.9 Å². The predicted molar refractivity (Wildman–Crippen MR) is 119 cm³/mol. The van der Waals surface area contributed by atoms with E-state index < -0.39 is 9.84 Å². The van der Waals surface area contributed by atoms with Crippen LogP contribution in [-0.4, -0.2) is 32.1 Å². The van der Waals surface area contributed by atoms with E-state index in [1.807, 2.05) is 42.6 Å². The molecule has 0 aliphatic rings. The van der Waals surface area contributed by atoms with Gasteiger partial charge in [0, 0.05) is 35.5 Å². The number of nitrogens with one attached hydrogen (secondary N) is 2. The number of sulfone groups is 1. The summed E-state index contributed by atoms with van der Waals surface area (Å²) in [4.78, 5) is 16.3. The van der Waals surface area contributed by atoms with Crippen LogP contribution in [0.25, 0.3) is 22.0 Å². The number of carbonyl (C=O) groups is 1. The SMILES string of the molecule is CS(=O)(=O)c1ccc(-c2ccccc2C(=O)NCCc2c[nH]c3ccccc23)cc1. The van der Waals surface area contributed by atoms with Gasteiger partial charge in [-0.15, -0.1) is 0 Å². The standard InChI is InChI=1S/C24H22N2O3S/c1-30(28,29)19-12-10-17(11-13-19)20-6-2-3-8-22(20)24(27)25-15-14-18-16-26-23-9-5-4-7-21(18)23/h2-13,16,26H,14-15H2,1H3,(H,25,27). The Labute approximate surface area is 175 Å². The molecule has 152 valence electrons. The number of carbonyl (C=O) groups excluding carboxylic acids is 1. The maximum atomic E-state index is 12.8. The third-order valence-corrected chi connectivity index (χ3v) is 6.25. The van der Waals surface area contributed by atoms with Crippen LogP contribution in [0.3, 0.4) is 0 Å². The van der Waals surface area contributed by atoms with Crippen molar-refractivity contribution in [3.8, 4) is 11.1 Å². The molecule has 0 aliphatic carbocycles. The van der Waals surface area contributed by atoms with E-state index in [9.17, 15) is 13.2 Å². The van der Waals surface area contributed by atoms with Crippen LogP contribution in [0, 0.1) is 0 Å². The summed E-state index contributed by atoms with van der Waals surface area (Å²) in [6.45, 7) is 0.516. The molecule has 0 atom stereocenters. The van der Waals surface area contributed by atoms with E-state index in [-0.39, 0.29) is 10.8 Å². The summed E-state index contributed by atoms with van der Waals surface area (Å²) in [5.41, 5.74) is 4.37. The zero-order valence-electron chi connectivity index (χ0n) is 16.6. The van der Waals surface area contributed by atoms with Crippen LogP contribution in [0.4, 0.5) is 0 Å². The third-order valence-electron chi connectivity index (χ3n) is 5.12. The maximum Gasteiger partial charge on any atom is 0.251 e. The molecule has 1 heterocycles. The highest BCUT2D eigenvalue weighted by atomic mass is 32.2. The minimum Gasteiger partial charge on any atom is -0.361 e. The first kappa shape index (κ1) is 19.9. The number of amides is 1. The first-order valence-corrected chi connectivity index (χ1v) is 11.6. The summed E-state index contributed by atoms with van der Waals surface area (Å²) in [5, 5.41) is 4.16. The Balaban J connectivity index is 1.50. The van der Waals surface area contributed by atoms with E-state index in [2.05, 4.69) is 16.4 Å². The van der Waals surface area contributed by atoms with E-state index in [1.54, 1.807) is 30.3 Å². The smallest absolute Gasteiger partial charge is 0.251 e. The average Bonchev–Trinajstić information content (AvgIpc) is 3.16. The Kier molecular flexibility index (Phi) is 5.42. The van der Waals surface area contributed by atoms with Crippen molar-refractivity contribution in [2.45, 2.75) is 11.3 Å². The summed E-state index contributed by atoms with van der Waals surface area (Å²) >= 11 is 0. The summed E-state index contributed by atoms with van der Waals surface area (Å²) in [5.74, 6) is -0.155. The van der Waals surface area contributed by atoms with Gasteiger partial charge >= 0.3 is 0 Å². The quantitative estimate of drug-likeness (QED) is 0.492. The van der Waals surface area contributed by atoms with E-state index >= 15 is 0 Å². The predicted octanol–water partition coefficient (Wildman–Crippen LogP) is 4.21. The van der Waals surface area contributed by atoms with Crippen molar-refractivity contribution < 1.29 is 13.2 Å². The molecule has 0 bridgehead atoms. The Bertz CT molecular complexity index is 1310. The second-order valence-corrected chi connectivity index (χ2v) is 9.22. The number of benzene rings is 3. The minimum absolute atomic E-state index is 0.155. The molecule has 2 N–H and O–H groups in total. The first-order valence-electron chi connectivity index (χ1n) is 9.66. The van der Waals surface area contributed by atoms with Crippen LogP contribution in [0.1, 0.15) is 15.9 Å². The van der Waals surface area contributed by atoms with E-state index in [0.717, 1.165) is 34.0 Å². The largest absolute Gasteiger partial charge is 0.361 e. The number of aromatic nitrogens is 1. The lowest BCUT2D eigenvalue weighted by Gasteiger charge is -2.11. The third kappa shape index (κ3) is 4.14. The molecule has 3 aromatic carbocycles. The number of hydrogen-bond acceptors (Lipinski definition) is 3. The molecule has 30 heavy (non-hydrogen) atoms. The Morgan fingerprint density at radius 1 is 0.933 bits per heavy atom. The second kappa shape index (κ2) is 8.16. The topological polar surface area (TPSA) is 79.0 Å². The molecule has 0 unspecified atom stereocenters. The molecule has 6 heteroatoms. The number of fused-ring (bicyclic) bond motifs is 1. The highest BCUT2D eigenvalue weighted by molar-refractivity contribution is 7.90. The monoisotopic (exact) mass is 418 g/mol. The van der Waals surface area contributed by atoms with Crippen molar-refractivity contribution in [3.05, 3.63) is 90.1 Å². The molecule has 5 nitrogen and oxygen atoms in total. The molecule has 0 fully saturated rings. The number of hydrogen-bond donors (Lipinski definition) is 2. The van der Waals surface area contributed by atoms with Crippen LogP contribution in [0.2, 0.25) is 0 Å². The molecule has 1 amide bonds. The first-order chi connectivity index (χ1) is 14.4. The number of H-pyrrole nitrogens is 1. The Morgan fingerprint density at radius 3 is 2.40 bits per heavy atom. The van der Waals surface area contributed by atoms with Gasteiger partial charge in [-0.2, -0.15) is 0 Å². The molecule has 4 rings (SSSR count). The van der Waals surface area contributed by atoms with Crippen molar-refractivity contribution >= 4 is 26.6 Å². The molecular formula is C24H22N2O3S. The Morgan fingerprint density at radius 2 is 1.63 bits per heavy atom. The molecule has 0 spiro atoms. The Hall–Kier alpha value is -3.38. The van der Waals surface area contributed by atoms with Gasteiger partial charge in [0.2, 0.25) is 0 Å². The van der Waals surface area contributed by atoms with Gasteiger partial charge in [0.15, 0.2) is 9.84 Å². The van der Waals surface area contributed by atoms with E-state index in [1.165, 1.54) is 6.26 Å². The normalized spacial score (nSPS) is 11.5. The minimum atomic E-state index is -3.26. The fourth-order valence-corrected chi connectivity index (χ4v) is 4.19. The van der Waals surface area contributed by atoms with Gasteiger partial charge in [0.05, 0.1) is 4.90 Å². The number of aromatic amines is 1. The maximum absolute atomic E-state index is 12.8. The molecule has 1 aromatic heterocycles. The highest BCUT2D eigenvalue weighted by Crippen LogP contribution is 2.25. The van der Waals surface area contributed by atoms with Gasteiger partial charge in [-0.1, -0.05) is 48.5 Å². The van der Waals surface area contributed by atoms with Gasteiger partial charge in [-0.3, -0.25) is 4.79 Å². The van der Waals surface area contributed by atoms with Crippen LogP contribution in [-0.2, 0) is 16.3 Å². The molecule has 0 saturated heterocycles. The fraction of sp³-hybridized carbons (Fsp3) is 0.125. The molecular weight excluding hydrogens is 396 g/mol. The lowest BCUT2D eigenvalue weighted by molar-refractivity contribution is 0.0955. The molecule has 0 saturated carbocycles. The molecule has 0 aliphatic heterocycles. The summed E-state index contributed by atoms with van der Waals surface area (Å²) in [7, 11) is -3.26. The zero-order valence-corrected chi connectivity index (χ0v) is 17.4. The fourth-order valence-electron chi connectivity index (χ4n) is 3.56.